The summed E-state index contributed by atoms with van der Waals surface area (Å²) >= 11 is 0. The van der Waals surface area contributed by atoms with E-state index < -0.39 is 0 Å². The maximum atomic E-state index is 3.78. The third kappa shape index (κ3) is 3.23. The minimum atomic E-state index is 0.635. The van der Waals surface area contributed by atoms with Gasteiger partial charge in [0.1, 0.15) is 0 Å². The number of fused-ring (bicyclic) bond motifs is 1. The van der Waals surface area contributed by atoms with E-state index in [1.54, 1.807) is 0 Å². The van der Waals surface area contributed by atoms with Crippen LogP contribution in [-0.2, 0) is 6.42 Å². The Hall–Kier alpha value is -1.56. The van der Waals surface area contributed by atoms with Crippen LogP contribution in [-0.4, -0.2) is 0 Å². The average molecular weight is 212 g/mol. The molecule has 84 valence electrons. The molecule has 0 saturated carbocycles. The predicted octanol–water partition coefficient (Wildman–Crippen LogP) is 4.65. The van der Waals surface area contributed by atoms with Crippen molar-refractivity contribution in [1.29, 1.82) is 0 Å². The average Bonchev–Trinajstić information content (AvgIpc) is 2.29. The highest BCUT2D eigenvalue weighted by Crippen LogP contribution is 2.34. The van der Waals surface area contributed by atoms with Crippen LogP contribution in [0.25, 0.3) is 0 Å². The van der Waals surface area contributed by atoms with Crippen molar-refractivity contribution >= 4 is 0 Å². The molecule has 1 atom stereocenters. The minimum Gasteiger partial charge on any atom is -0.103 e. The predicted molar refractivity (Wildman–Crippen MR) is 72.7 cm³/mol. The fourth-order valence-corrected chi connectivity index (χ4v) is 1.74. The standard InChI is InChI=1S/C10H10.C6H10/c1-2-8-7-9-5-3-4-6-10(8)9;1-3-5-6-4-2/h2-6,8H,1,7H2;3-4,6H,1,5H2,2H3. The van der Waals surface area contributed by atoms with Crippen LogP contribution in [0.3, 0.4) is 0 Å². The van der Waals surface area contributed by atoms with Crippen molar-refractivity contribution < 1.29 is 0 Å². The Labute approximate surface area is 99.0 Å². The zero-order chi connectivity index (χ0) is 11.8. The first kappa shape index (κ1) is 12.5. The van der Waals surface area contributed by atoms with Gasteiger partial charge in [0.05, 0.1) is 0 Å². The van der Waals surface area contributed by atoms with Gasteiger partial charge in [0.2, 0.25) is 0 Å². The monoisotopic (exact) mass is 212 g/mol. The molecule has 0 spiro atoms. The molecule has 0 nitrogen and oxygen atoms in total. The van der Waals surface area contributed by atoms with Crippen molar-refractivity contribution in [3.63, 3.8) is 0 Å². The Kier molecular flexibility index (Phi) is 5.35. The summed E-state index contributed by atoms with van der Waals surface area (Å²) in [6.07, 6.45) is 10.2. The highest BCUT2D eigenvalue weighted by molar-refractivity contribution is 5.42. The first-order chi connectivity index (χ1) is 7.83. The first-order valence-corrected chi connectivity index (χ1v) is 5.75. The third-order valence-electron chi connectivity index (χ3n) is 2.72. The normalized spacial score (nSPS) is 16.7. The molecule has 0 heterocycles. The summed E-state index contributed by atoms with van der Waals surface area (Å²) in [5, 5.41) is 0. The molecule has 0 fully saturated rings. The number of hydrogen-bond donors (Lipinski definition) is 0. The summed E-state index contributed by atoms with van der Waals surface area (Å²) in [5.74, 6) is 0.635. The molecule has 1 unspecified atom stereocenters. The van der Waals surface area contributed by atoms with Crippen LogP contribution in [0.4, 0.5) is 0 Å². The molecule has 0 aliphatic heterocycles. The van der Waals surface area contributed by atoms with E-state index in [0.29, 0.717) is 5.92 Å². The van der Waals surface area contributed by atoms with Crippen molar-refractivity contribution in [2.45, 2.75) is 25.7 Å². The van der Waals surface area contributed by atoms with Gasteiger partial charge in [-0.25, -0.2) is 0 Å². The van der Waals surface area contributed by atoms with Crippen LogP contribution in [0.1, 0.15) is 30.4 Å². The van der Waals surface area contributed by atoms with Crippen LogP contribution in [0.15, 0.2) is 61.7 Å². The van der Waals surface area contributed by atoms with Crippen LogP contribution in [0, 0.1) is 0 Å². The summed E-state index contributed by atoms with van der Waals surface area (Å²) in [6.45, 7) is 9.33. The Morgan fingerprint density at radius 1 is 1.31 bits per heavy atom. The van der Waals surface area contributed by atoms with Crippen LogP contribution < -0.4 is 0 Å². The van der Waals surface area contributed by atoms with Gasteiger partial charge in [-0.2, -0.15) is 0 Å². The molecule has 1 aromatic rings. The first-order valence-electron chi connectivity index (χ1n) is 5.75. The SMILES string of the molecule is C=CC1Cc2ccccc21.C=CCC=CC. The van der Waals surface area contributed by atoms with Crippen molar-refractivity contribution in [2.24, 2.45) is 0 Å². The van der Waals surface area contributed by atoms with E-state index in [1.807, 2.05) is 25.2 Å². The van der Waals surface area contributed by atoms with Crippen LogP contribution >= 0.6 is 0 Å². The zero-order valence-electron chi connectivity index (χ0n) is 10.0. The van der Waals surface area contributed by atoms with E-state index >= 15 is 0 Å². The lowest BCUT2D eigenvalue weighted by molar-refractivity contribution is 0.734. The third-order valence-corrected chi connectivity index (χ3v) is 2.72. The molecule has 0 radical (unpaired) electrons. The summed E-state index contributed by atoms with van der Waals surface area (Å²) in [6, 6.07) is 8.56. The van der Waals surface area contributed by atoms with E-state index in [4.69, 9.17) is 0 Å². The van der Waals surface area contributed by atoms with Gasteiger partial charge in [-0.15, -0.1) is 13.2 Å². The van der Waals surface area contributed by atoms with Gasteiger partial charge in [0, 0.05) is 5.92 Å². The lowest BCUT2D eigenvalue weighted by atomic mass is 9.78. The van der Waals surface area contributed by atoms with Crippen LogP contribution in [0.5, 0.6) is 0 Å². The summed E-state index contributed by atoms with van der Waals surface area (Å²) in [5.41, 5.74) is 2.96. The topological polar surface area (TPSA) is 0 Å². The highest BCUT2D eigenvalue weighted by atomic mass is 14.2. The van der Waals surface area contributed by atoms with Gasteiger partial charge in [0.25, 0.3) is 0 Å². The van der Waals surface area contributed by atoms with Crippen molar-refractivity contribution in [1.82, 2.24) is 0 Å². The molecular formula is C16H20. The maximum Gasteiger partial charge on any atom is 0.00585 e. The molecule has 0 aromatic heterocycles. The Morgan fingerprint density at radius 2 is 2.06 bits per heavy atom. The lowest BCUT2D eigenvalue weighted by Crippen LogP contribution is -2.13. The summed E-state index contributed by atoms with van der Waals surface area (Å²) in [4.78, 5) is 0. The molecule has 1 aliphatic rings. The number of benzene rings is 1. The summed E-state index contributed by atoms with van der Waals surface area (Å²) in [7, 11) is 0. The molecule has 0 saturated heterocycles. The summed E-state index contributed by atoms with van der Waals surface area (Å²) < 4.78 is 0. The van der Waals surface area contributed by atoms with Crippen LogP contribution in [0.2, 0.25) is 0 Å². The minimum absolute atomic E-state index is 0.635. The molecule has 0 amide bonds. The van der Waals surface area contributed by atoms with E-state index in [-0.39, 0.29) is 0 Å². The van der Waals surface area contributed by atoms with Crippen molar-refractivity contribution in [3.8, 4) is 0 Å². The van der Waals surface area contributed by atoms with E-state index in [1.165, 1.54) is 17.5 Å². The quantitative estimate of drug-likeness (QED) is 0.640. The molecule has 0 heteroatoms. The van der Waals surface area contributed by atoms with Gasteiger partial charge in [0.15, 0.2) is 0 Å². The van der Waals surface area contributed by atoms with Gasteiger partial charge in [-0.05, 0) is 30.9 Å². The molecule has 16 heavy (non-hydrogen) atoms. The molecule has 1 aromatic carbocycles. The van der Waals surface area contributed by atoms with Gasteiger partial charge < -0.3 is 0 Å². The Morgan fingerprint density at radius 3 is 2.56 bits per heavy atom. The number of hydrogen-bond acceptors (Lipinski definition) is 0. The Bertz CT molecular complexity index is 371. The second-order valence-corrected chi connectivity index (χ2v) is 3.84. The smallest absolute Gasteiger partial charge is 0.00585 e. The number of rotatable bonds is 3. The second kappa shape index (κ2) is 6.84. The molecule has 2 rings (SSSR count). The fourth-order valence-electron chi connectivity index (χ4n) is 1.74. The molecular weight excluding hydrogens is 192 g/mol. The van der Waals surface area contributed by atoms with Crippen molar-refractivity contribution in [2.75, 3.05) is 0 Å². The van der Waals surface area contributed by atoms with Gasteiger partial charge >= 0.3 is 0 Å². The van der Waals surface area contributed by atoms with Gasteiger partial charge in [-0.1, -0.05) is 48.6 Å². The van der Waals surface area contributed by atoms with E-state index in [2.05, 4.69) is 43.5 Å². The largest absolute Gasteiger partial charge is 0.103 e. The number of allylic oxidation sites excluding steroid dienone is 4. The van der Waals surface area contributed by atoms with Crippen molar-refractivity contribution in [3.05, 3.63) is 72.9 Å². The maximum absolute atomic E-state index is 3.78. The lowest BCUT2D eigenvalue weighted by Gasteiger charge is -2.26. The van der Waals surface area contributed by atoms with Gasteiger partial charge in [-0.3, -0.25) is 0 Å². The van der Waals surface area contributed by atoms with E-state index in [9.17, 15) is 0 Å². The molecule has 0 N–H and O–H groups in total. The second-order valence-electron chi connectivity index (χ2n) is 3.84. The van der Waals surface area contributed by atoms with E-state index in [0.717, 1.165) is 6.42 Å². The zero-order valence-corrected chi connectivity index (χ0v) is 10.0. The highest BCUT2D eigenvalue weighted by Gasteiger charge is 2.21. The molecule has 1 aliphatic carbocycles. The Balaban J connectivity index is 0.000000187. The fraction of sp³-hybridized carbons (Fsp3) is 0.250. The molecule has 0 bridgehead atoms.